The van der Waals surface area contributed by atoms with Crippen molar-refractivity contribution >= 4 is 0 Å². The van der Waals surface area contributed by atoms with Crippen LogP contribution in [-0.2, 0) is 5.41 Å². The lowest BCUT2D eigenvalue weighted by Gasteiger charge is -2.19. The second-order valence-corrected chi connectivity index (χ2v) is 5.69. The minimum atomic E-state index is 0.285. The fraction of sp³-hybridized carbons (Fsp3) is 0.571. The van der Waals surface area contributed by atoms with Crippen LogP contribution in [0.1, 0.15) is 51.2 Å². The Hall–Kier alpha value is -0.780. The van der Waals surface area contributed by atoms with E-state index in [1.807, 2.05) is 0 Å². The van der Waals surface area contributed by atoms with E-state index in [-0.39, 0.29) is 5.41 Å². The summed E-state index contributed by atoms with van der Waals surface area (Å²) in [5.41, 5.74) is 3.26. The number of hydrogen-bond donors (Lipinski definition) is 0. The highest BCUT2D eigenvalue weighted by Gasteiger charge is 2.33. The minimum Gasteiger partial charge on any atom is -0.0619 e. The van der Waals surface area contributed by atoms with Gasteiger partial charge in [-0.3, -0.25) is 0 Å². The molecule has 0 nitrogen and oxygen atoms in total. The summed E-state index contributed by atoms with van der Waals surface area (Å²) in [4.78, 5) is 0. The van der Waals surface area contributed by atoms with E-state index >= 15 is 0 Å². The largest absolute Gasteiger partial charge is 0.0619 e. The van der Waals surface area contributed by atoms with Crippen LogP contribution < -0.4 is 0 Å². The van der Waals surface area contributed by atoms with Crippen LogP contribution in [0.4, 0.5) is 0 Å². The zero-order valence-corrected chi connectivity index (χ0v) is 9.67. The lowest BCUT2D eigenvalue weighted by atomic mass is 9.86. The van der Waals surface area contributed by atoms with E-state index in [1.54, 1.807) is 0 Å². The molecule has 0 amide bonds. The Morgan fingerprint density at radius 3 is 1.93 bits per heavy atom. The molecule has 0 aromatic heterocycles. The Bertz CT molecular complexity index is 313. The van der Waals surface area contributed by atoms with Crippen molar-refractivity contribution in [2.45, 2.75) is 45.4 Å². The first-order chi connectivity index (χ1) is 6.48. The summed E-state index contributed by atoms with van der Waals surface area (Å²) in [6, 6.07) is 9.21. The zero-order chi connectivity index (χ0) is 10.3. The van der Waals surface area contributed by atoms with Crippen LogP contribution >= 0.6 is 0 Å². The molecule has 0 N–H and O–H groups in total. The lowest BCUT2D eigenvalue weighted by molar-refractivity contribution is 0.590. The van der Waals surface area contributed by atoms with Gasteiger partial charge in [-0.2, -0.15) is 0 Å². The van der Waals surface area contributed by atoms with E-state index < -0.39 is 0 Å². The normalized spacial score (nSPS) is 26.3. The van der Waals surface area contributed by atoms with Crippen LogP contribution in [0.25, 0.3) is 0 Å². The van der Waals surface area contributed by atoms with E-state index in [0.29, 0.717) is 0 Å². The summed E-state index contributed by atoms with van der Waals surface area (Å²) >= 11 is 0. The molecule has 0 heterocycles. The molecule has 1 fully saturated rings. The fourth-order valence-electron chi connectivity index (χ4n) is 2.02. The van der Waals surface area contributed by atoms with Gasteiger partial charge >= 0.3 is 0 Å². The summed E-state index contributed by atoms with van der Waals surface area (Å²) in [7, 11) is 0. The van der Waals surface area contributed by atoms with Gasteiger partial charge in [0.15, 0.2) is 0 Å². The molecule has 1 aromatic rings. The molecule has 1 aromatic carbocycles. The molecule has 0 spiro atoms. The molecule has 14 heavy (non-hydrogen) atoms. The van der Waals surface area contributed by atoms with E-state index in [1.165, 1.54) is 17.5 Å². The Kier molecular flexibility index (Phi) is 2.17. The third-order valence-corrected chi connectivity index (χ3v) is 3.31. The standard InChI is InChI=1S/C14H20/c1-10-9-13(10)11-5-7-12(8-6-11)14(2,3)4/h5-8,10,13H,9H2,1-4H3/t10-,13-/m0/s1. The fourth-order valence-corrected chi connectivity index (χ4v) is 2.02. The van der Waals surface area contributed by atoms with Crippen LogP contribution in [0.15, 0.2) is 24.3 Å². The van der Waals surface area contributed by atoms with Crippen LogP contribution in [0.3, 0.4) is 0 Å². The van der Waals surface area contributed by atoms with Crippen molar-refractivity contribution in [3.63, 3.8) is 0 Å². The Labute approximate surface area is 87.3 Å². The SMILES string of the molecule is C[C@H]1C[C@@H]1c1ccc(C(C)(C)C)cc1. The second kappa shape index (κ2) is 3.12. The lowest BCUT2D eigenvalue weighted by Crippen LogP contribution is -2.10. The van der Waals surface area contributed by atoms with Crippen LogP contribution in [-0.4, -0.2) is 0 Å². The molecule has 2 rings (SSSR count). The monoisotopic (exact) mass is 188 g/mol. The van der Waals surface area contributed by atoms with Gasteiger partial charge in [0.2, 0.25) is 0 Å². The van der Waals surface area contributed by atoms with Gasteiger partial charge in [-0.05, 0) is 34.8 Å². The third-order valence-electron chi connectivity index (χ3n) is 3.31. The van der Waals surface area contributed by atoms with Gasteiger partial charge in [0, 0.05) is 0 Å². The van der Waals surface area contributed by atoms with Gasteiger partial charge in [0.1, 0.15) is 0 Å². The first-order valence-electron chi connectivity index (χ1n) is 5.59. The highest BCUT2D eigenvalue weighted by Crippen LogP contribution is 2.46. The minimum absolute atomic E-state index is 0.285. The van der Waals surface area contributed by atoms with E-state index in [9.17, 15) is 0 Å². The molecule has 0 saturated heterocycles. The molecular formula is C14H20. The highest BCUT2D eigenvalue weighted by atomic mass is 14.4. The summed E-state index contributed by atoms with van der Waals surface area (Å²) in [5, 5.41) is 0. The topological polar surface area (TPSA) is 0 Å². The number of rotatable bonds is 1. The summed E-state index contributed by atoms with van der Waals surface area (Å²) in [5.74, 6) is 1.76. The van der Waals surface area contributed by atoms with Gasteiger partial charge in [-0.15, -0.1) is 0 Å². The van der Waals surface area contributed by atoms with E-state index in [0.717, 1.165) is 11.8 Å². The first kappa shape index (κ1) is 9.76. The van der Waals surface area contributed by atoms with Gasteiger partial charge in [0.25, 0.3) is 0 Å². The molecule has 2 atom stereocenters. The van der Waals surface area contributed by atoms with Gasteiger partial charge in [-0.25, -0.2) is 0 Å². The molecule has 0 unspecified atom stereocenters. The average molecular weight is 188 g/mol. The molecule has 1 aliphatic rings. The Morgan fingerprint density at radius 1 is 1.07 bits per heavy atom. The van der Waals surface area contributed by atoms with Gasteiger partial charge in [-0.1, -0.05) is 52.0 Å². The molecule has 1 aliphatic carbocycles. The highest BCUT2D eigenvalue weighted by molar-refractivity contribution is 5.32. The van der Waals surface area contributed by atoms with E-state index in [2.05, 4.69) is 52.0 Å². The Balaban J connectivity index is 2.18. The molecule has 0 heteroatoms. The van der Waals surface area contributed by atoms with Gasteiger partial charge in [0.05, 0.1) is 0 Å². The first-order valence-corrected chi connectivity index (χ1v) is 5.59. The molecule has 0 radical (unpaired) electrons. The maximum atomic E-state index is 2.34. The van der Waals surface area contributed by atoms with Crippen molar-refractivity contribution in [3.8, 4) is 0 Å². The predicted molar refractivity (Wildman–Crippen MR) is 61.7 cm³/mol. The molecule has 0 bridgehead atoms. The van der Waals surface area contributed by atoms with Crippen molar-refractivity contribution in [2.75, 3.05) is 0 Å². The van der Waals surface area contributed by atoms with Crippen molar-refractivity contribution in [2.24, 2.45) is 5.92 Å². The Morgan fingerprint density at radius 2 is 1.57 bits per heavy atom. The molecular weight excluding hydrogens is 168 g/mol. The van der Waals surface area contributed by atoms with Crippen LogP contribution in [0.5, 0.6) is 0 Å². The van der Waals surface area contributed by atoms with E-state index in [4.69, 9.17) is 0 Å². The third kappa shape index (κ3) is 1.84. The smallest absolute Gasteiger partial charge is 0.0132 e. The molecule has 0 aliphatic heterocycles. The number of hydrogen-bond acceptors (Lipinski definition) is 0. The summed E-state index contributed by atoms with van der Waals surface area (Å²) < 4.78 is 0. The predicted octanol–water partition coefficient (Wildman–Crippen LogP) is 4.11. The second-order valence-electron chi connectivity index (χ2n) is 5.69. The van der Waals surface area contributed by atoms with Crippen molar-refractivity contribution in [3.05, 3.63) is 35.4 Å². The summed E-state index contributed by atoms with van der Waals surface area (Å²) in [6.45, 7) is 9.13. The van der Waals surface area contributed by atoms with Gasteiger partial charge < -0.3 is 0 Å². The maximum absolute atomic E-state index is 2.34. The van der Waals surface area contributed by atoms with Crippen LogP contribution in [0.2, 0.25) is 0 Å². The van der Waals surface area contributed by atoms with Crippen molar-refractivity contribution < 1.29 is 0 Å². The van der Waals surface area contributed by atoms with Crippen LogP contribution in [0, 0.1) is 5.92 Å². The quantitative estimate of drug-likeness (QED) is 0.622. The maximum Gasteiger partial charge on any atom is -0.0132 e. The summed E-state index contributed by atoms with van der Waals surface area (Å²) in [6.07, 6.45) is 1.38. The van der Waals surface area contributed by atoms with Crippen molar-refractivity contribution in [1.82, 2.24) is 0 Å². The molecule has 76 valence electrons. The molecule has 1 saturated carbocycles. The van der Waals surface area contributed by atoms with Crippen molar-refractivity contribution in [1.29, 1.82) is 0 Å². The number of benzene rings is 1. The average Bonchev–Trinajstić information content (AvgIpc) is 2.81. The zero-order valence-electron chi connectivity index (χ0n) is 9.67.